The summed E-state index contributed by atoms with van der Waals surface area (Å²) in [4.78, 5) is 4.43. The minimum Gasteiger partial charge on any atom is -0.321 e. The van der Waals surface area contributed by atoms with Gasteiger partial charge in [-0.15, -0.1) is 0 Å². The van der Waals surface area contributed by atoms with E-state index in [0.717, 1.165) is 21.9 Å². The lowest BCUT2D eigenvalue weighted by Gasteiger charge is -2.30. The molecule has 2 atom stereocenters. The maximum absolute atomic E-state index is 14.5. The number of aromatic nitrogens is 1. The maximum Gasteiger partial charge on any atom is 0.205 e. The Hall–Kier alpha value is -2.56. The van der Waals surface area contributed by atoms with Crippen molar-refractivity contribution in [3.8, 4) is 0 Å². The topological polar surface area (TPSA) is 68.0 Å². The molecule has 0 amide bonds. The molecule has 0 aliphatic rings. The van der Waals surface area contributed by atoms with Crippen LogP contribution in [0.1, 0.15) is 23.3 Å². The van der Waals surface area contributed by atoms with E-state index in [-0.39, 0.29) is 6.04 Å². The SMILES string of the molecule is N[C@@H](c1ccccn1)[C@H](NP(=O)(c1ccccc1)c1ccccc1)c1ccsc1. The molecule has 0 fully saturated rings. The minimum absolute atomic E-state index is 0.359. The van der Waals surface area contributed by atoms with Crippen LogP contribution in [-0.4, -0.2) is 4.98 Å². The molecule has 0 unspecified atom stereocenters. The van der Waals surface area contributed by atoms with Gasteiger partial charge in [-0.05, 0) is 58.8 Å². The monoisotopic (exact) mass is 419 g/mol. The summed E-state index contributed by atoms with van der Waals surface area (Å²) in [5.41, 5.74) is 8.41. The molecule has 0 spiro atoms. The van der Waals surface area contributed by atoms with Crippen molar-refractivity contribution >= 4 is 29.2 Å². The molecule has 0 saturated heterocycles. The number of thiophene rings is 1. The van der Waals surface area contributed by atoms with Gasteiger partial charge in [-0.1, -0.05) is 42.5 Å². The second-order valence-electron chi connectivity index (χ2n) is 6.72. The normalized spacial score (nSPS) is 13.7. The van der Waals surface area contributed by atoms with E-state index in [1.54, 1.807) is 17.5 Å². The van der Waals surface area contributed by atoms with Gasteiger partial charge in [0.05, 0.1) is 17.8 Å². The average molecular weight is 419 g/mol. The minimum atomic E-state index is -3.15. The van der Waals surface area contributed by atoms with E-state index in [1.165, 1.54) is 0 Å². The van der Waals surface area contributed by atoms with Gasteiger partial charge in [0.2, 0.25) is 7.29 Å². The van der Waals surface area contributed by atoms with Crippen molar-refractivity contribution in [3.63, 3.8) is 0 Å². The fourth-order valence-corrected chi connectivity index (χ4v) is 6.51. The van der Waals surface area contributed by atoms with Crippen LogP contribution in [0, 0.1) is 0 Å². The maximum atomic E-state index is 14.5. The first-order valence-corrected chi connectivity index (χ1v) is 12.0. The summed E-state index contributed by atoms with van der Waals surface area (Å²) in [6.07, 6.45) is 1.73. The second-order valence-corrected chi connectivity index (χ2v) is 10.0. The Morgan fingerprint density at radius 3 is 2.00 bits per heavy atom. The van der Waals surface area contributed by atoms with Crippen molar-refractivity contribution in [2.45, 2.75) is 12.1 Å². The number of nitrogens with one attached hydrogen (secondary N) is 1. The van der Waals surface area contributed by atoms with E-state index in [4.69, 9.17) is 5.73 Å². The lowest BCUT2D eigenvalue weighted by molar-refractivity contribution is 0.504. The van der Waals surface area contributed by atoms with E-state index >= 15 is 0 Å². The molecule has 0 radical (unpaired) electrons. The van der Waals surface area contributed by atoms with Gasteiger partial charge in [-0.25, -0.2) is 0 Å². The number of pyridine rings is 1. The molecule has 0 aliphatic carbocycles. The Labute approximate surface area is 174 Å². The molecule has 0 aliphatic heterocycles. The molecule has 3 N–H and O–H groups in total. The molecule has 2 heterocycles. The molecular weight excluding hydrogens is 397 g/mol. The van der Waals surface area contributed by atoms with Gasteiger partial charge < -0.3 is 5.73 Å². The summed E-state index contributed by atoms with van der Waals surface area (Å²) in [7, 11) is -3.15. The van der Waals surface area contributed by atoms with E-state index in [1.807, 2.05) is 95.7 Å². The van der Waals surface area contributed by atoms with Crippen molar-refractivity contribution in [2.75, 3.05) is 0 Å². The Morgan fingerprint density at radius 1 is 0.862 bits per heavy atom. The second kappa shape index (κ2) is 8.85. The Bertz CT molecular complexity index is 1030. The number of hydrogen-bond acceptors (Lipinski definition) is 4. The van der Waals surface area contributed by atoms with E-state index < -0.39 is 13.3 Å². The summed E-state index contributed by atoms with van der Waals surface area (Å²) in [5.74, 6) is 0. The van der Waals surface area contributed by atoms with Crippen molar-refractivity contribution in [1.82, 2.24) is 10.1 Å². The van der Waals surface area contributed by atoms with Crippen molar-refractivity contribution in [3.05, 3.63) is 113 Å². The zero-order valence-corrected chi connectivity index (χ0v) is 17.5. The predicted molar refractivity (Wildman–Crippen MR) is 121 cm³/mol. The van der Waals surface area contributed by atoms with E-state index in [2.05, 4.69) is 10.1 Å². The third-order valence-electron chi connectivity index (χ3n) is 4.85. The number of hydrogen-bond donors (Lipinski definition) is 2. The average Bonchev–Trinajstić information content (AvgIpc) is 3.33. The zero-order valence-electron chi connectivity index (χ0n) is 15.8. The molecule has 4 rings (SSSR count). The van der Waals surface area contributed by atoms with Crippen LogP contribution in [0.5, 0.6) is 0 Å². The van der Waals surface area contributed by atoms with Gasteiger partial charge in [0.25, 0.3) is 0 Å². The van der Waals surface area contributed by atoms with Crippen LogP contribution >= 0.6 is 18.6 Å². The van der Waals surface area contributed by atoms with E-state index in [9.17, 15) is 4.57 Å². The molecule has 29 heavy (non-hydrogen) atoms. The lowest BCUT2D eigenvalue weighted by Crippen LogP contribution is -2.36. The highest BCUT2D eigenvalue weighted by atomic mass is 32.1. The number of rotatable bonds is 7. The zero-order chi connectivity index (χ0) is 20.1. The van der Waals surface area contributed by atoms with Crippen molar-refractivity contribution in [2.24, 2.45) is 5.73 Å². The standard InChI is InChI=1S/C23H22N3OPS/c24-22(21-13-7-8-15-25-21)23(18-14-16-29-17-18)26-28(27,19-9-3-1-4-10-19)20-11-5-2-6-12-20/h1-17,22-23H,24H2,(H,26,27)/t22-,23+/m0/s1. The highest BCUT2D eigenvalue weighted by molar-refractivity contribution is 7.76. The number of benzene rings is 2. The van der Waals surface area contributed by atoms with Gasteiger partial charge in [0.1, 0.15) is 0 Å². The molecule has 0 bridgehead atoms. The largest absolute Gasteiger partial charge is 0.321 e. The molecule has 4 nitrogen and oxygen atoms in total. The van der Waals surface area contributed by atoms with Gasteiger partial charge in [0, 0.05) is 16.8 Å². The summed E-state index contributed by atoms with van der Waals surface area (Å²) < 4.78 is 14.5. The van der Waals surface area contributed by atoms with Gasteiger partial charge in [-0.2, -0.15) is 11.3 Å². The van der Waals surface area contributed by atoms with Crippen LogP contribution in [0.3, 0.4) is 0 Å². The fraction of sp³-hybridized carbons (Fsp3) is 0.0870. The lowest BCUT2D eigenvalue weighted by atomic mass is 10.0. The predicted octanol–water partition coefficient (Wildman–Crippen LogP) is 4.40. The van der Waals surface area contributed by atoms with Crippen LogP contribution in [0.4, 0.5) is 0 Å². The fourth-order valence-electron chi connectivity index (χ4n) is 3.33. The van der Waals surface area contributed by atoms with Crippen LogP contribution in [0.25, 0.3) is 0 Å². The Morgan fingerprint density at radius 2 is 1.48 bits per heavy atom. The highest BCUT2D eigenvalue weighted by Gasteiger charge is 2.34. The summed E-state index contributed by atoms with van der Waals surface area (Å²) in [6, 6.07) is 26.0. The van der Waals surface area contributed by atoms with Crippen LogP contribution in [0.15, 0.2) is 102 Å². The summed E-state index contributed by atoms with van der Waals surface area (Å²) in [6.45, 7) is 0. The summed E-state index contributed by atoms with van der Waals surface area (Å²) in [5, 5.41) is 9.01. The molecule has 6 heteroatoms. The van der Waals surface area contributed by atoms with Gasteiger partial charge >= 0.3 is 0 Å². The Kier molecular flexibility index (Phi) is 6.02. The Balaban J connectivity index is 1.80. The first-order chi connectivity index (χ1) is 14.2. The number of nitrogens with two attached hydrogens (primary N) is 1. The van der Waals surface area contributed by atoms with Crippen LogP contribution in [-0.2, 0) is 4.57 Å². The summed E-state index contributed by atoms with van der Waals surface area (Å²) >= 11 is 1.59. The molecule has 2 aromatic heterocycles. The molecule has 146 valence electrons. The molecular formula is C23H22N3OPS. The quantitative estimate of drug-likeness (QED) is 0.436. The molecule has 0 saturated carbocycles. The smallest absolute Gasteiger partial charge is 0.205 e. The van der Waals surface area contributed by atoms with Crippen molar-refractivity contribution in [1.29, 1.82) is 0 Å². The first kappa shape index (κ1) is 19.7. The molecule has 4 aromatic rings. The van der Waals surface area contributed by atoms with Crippen molar-refractivity contribution < 1.29 is 4.57 Å². The van der Waals surface area contributed by atoms with Crippen LogP contribution in [0.2, 0.25) is 0 Å². The third kappa shape index (κ3) is 4.24. The van der Waals surface area contributed by atoms with E-state index in [0.29, 0.717) is 0 Å². The van der Waals surface area contributed by atoms with Gasteiger partial charge in [-0.3, -0.25) is 14.6 Å². The van der Waals surface area contributed by atoms with Gasteiger partial charge in [0.15, 0.2) is 0 Å². The third-order valence-corrected chi connectivity index (χ3v) is 8.25. The van der Waals surface area contributed by atoms with Crippen LogP contribution < -0.4 is 21.4 Å². The highest BCUT2D eigenvalue weighted by Crippen LogP contribution is 2.44. The first-order valence-electron chi connectivity index (χ1n) is 9.36. The number of nitrogens with zero attached hydrogens (tertiary/aromatic N) is 1. The molecule has 2 aromatic carbocycles.